The van der Waals surface area contributed by atoms with E-state index in [1.54, 1.807) is 0 Å². The monoisotopic (exact) mass is 209 g/mol. The van der Waals surface area contributed by atoms with Gasteiger partial charge >= 0.3 is 0 Å². The quantitative estimate of drug-likeness (QED) is 0.781. The second-order valence-corrected chi connectivity index (χ2v) is 3.39. The highest BCUT2D eigenvalue weighted by Gasteiger charge is 2.07. The molecule has 15 heavy (non-hydrogen) atoms. The molecule has 0 aliphatic carbocycles. The molecule has 0 radical (unpaired) electrons. The van der Waals surface area contributed by atoms with Gasteiger partial charge in [-0.1, -0.05) is 12.1 Å². The fourth-order valence-electron chi connectivity index (χ4n) is 1.33. The number of para-hydroxylation sites is 2. The molecule has 0 aliphatic rings. The minimum absolute atomic E-state index is 0.122. The maximum atomic E-state index is 5.73. The maximum absolute atomic E-state index is 5.73. The molecule has 0 bridgehead atoms. The molecule has 1 atom stereocenters. The summed E-state index contributed by atoms with van der Waals surface area (Å²) >= 11 is 0. The van der Waals surface area contributed by atoms with Gasteiger partial charge in [0.1, 0.15) is 0 Å². The van der Waals surface area contributed by atoms with E-state index in [4.69, 9.17) is 15.2 Å². The van der Waals surface area contributed by atoms with Gasteiger partial charge in [0, 0.05) is 0 Å². The third-order valence-corrected chi connectivity index (χ3v) is 2.05. The van der Waals surface area contributed by atoms with Crippen LogP contribution in [0.4, 0.5) is 0 Å². The van der Waals surface area contributed by atoms with Crippen LogP contribution in [0.3, 0.4) is 0 Å². The molecule has 0 spiro atoms. The molecule has 0 saturated heterocycles. The number of hydrogen-bond donors (Lipinski definition) is 1. The molecule has 0 amide bonds. The summed E-state index contributed by atoms with van der Waals surface area (Å²) in [6, 6.07) is 7.70. The fraction of sp³-hybridized carbons (Fsp3) is 0.500. The molecule has 0 fully saturated rings. The van der Waals surface area contributed by atoms with Crippen LogP contribution in [0, 0.1) is 0 Å². The molecule has 1 aromatic rings. The van der Waals surface area contributed by atoms with Gasteiger partial charge in [-0.25, -0.2) is 0 Å². The molecule has 1 unspecified atom stereocenters. The Morgan fingerprint density at radius 1 is 1.27 bits per heavy atom. The molecule has 1 rings (SSSR count). The lowest BCUT2D eigenvalue weighted by Crippen LogP contribution is -2.17. The molecule has 0 saturated carbocycles. The van der Waals surface area contributed by atoms with Gasteiger partial charge in [0.2, 0.25) is 0 Å². The van der Waals surface area contributed by atoms with E-state index < -0.39 is 0 Å². The van der Waals surface area contributed by atoms with Crippen molar-refractivity contribution in [3.63, 3.8) is 0 Å². The molecular weight excluding hydrogens is 190 g/mol. The van der Waals surface area contributed by atoms with Crippen molar-refractivity contribution in [3.05, 3.63) is 24.3 Å². The summed E-state index contributed by atoms with van der Waals surface area (Å²) in [6.07, 6.45) is 0.970. The molecule has 0 aromatic heterocycles. The first-order chi connectivity index (χ1) is 7.27. The minimum Gasteiger partial charge on any atom is -0.490 e. The van der Waals surface area contributed by atoms with Crippen LogP contribution >= 0.6 is 0 Å². The van der Waals surface area contributed by atoms with Gasteiger partial charge in [0.05, 0.1) is 12.7 Å². The van der Waals surface area contributed by atoms with Crippen LogP contribution in [0.15, 0.2) is 24.3 Å². The van der Waals surface area contributed by atoms with Crippen LogP contribution in [0.2, 0.25) is 0 Å². The standard InChI is InChI=1S/C12H19NO2/c1-3-14-11-6-4-5-7-12(11)15-10(2)8-9-13/h4-7,10H,3,8-9,13H2,1-2H3. The topological polar surface area (TPSA) is 44.5 Å². The maximum Gasteiger partial charge on any atom is 0.161 e. The van der Waals surface area contributed by atoms with Crippen LogP contribution < -0.4 is 15.2 Å². The summed E-state index contributed by atoms with van der Waals surface area (Å²) in [5, 5.41) is 0. The lowest BCUT2D eigenvalue weighted by molar-refractivity contribution is 0.200. The third kappa shape index (κ3) is 3.80. The summed E-state index contributed by atoms with van der Waals surface area (Å²) in [5.74, 6) is 1.59. The Morgan fingerprint density at radius 3 is 2.53 bits per heavy atom. The van der Waals surface area contributed by atoms with Gasteiger partial charge in [-0.15, -0.1) is 0 Å². The average Bonchev–Trinajstić information content (AvgIpc) is 2.21. The number of benzene rings is 1. The highest BCUT2D eigenvalue weighted by molar-refractivity contribution is 5.39. The van der Waals surface area contributed by atoms with Crippen molar-refractivity contribution in [3.8, 4) is 11.5 Å². The number of hydrogen-bond acceptors (Lipinski definition) is 3. The molecule has 1 aromatic carbocycles. The summed E-state index contributed by atoms with van der Waals surface area (Å²) in [4.78, 5) is 0. The zero-order valence-electron chi connectivity index (χ0n) is 9.40. The zero-order chi connectivity index (χ0) is 11.1. The molecule has 84 valence electrons. The number of nitrogens with two attached hydrogens (primary N) is 1. The van der Waals surface area contributed by atoms with E-state index in [9.17, 15) is 0 Å². The molecule has 0 aliphatic heterocycles. The lowest BCUT2D eigenvalue weighted by atomic mass is 10.2. The Hall–Kier alpha value is -1.22. The van der Waals surface area contributed by atoms with Gasteiger partial charge in [0.25, 0.3) is 0 Å². The molecule has 3 heteroatoms. The first-order valence-electron chi connectivity index (χ1n) is 5.36. The Balaban J connectivity index is 2.66. The second kappa shape index (κ2) is 6.30. The summed E-state index contributed by atoms with van der Waals surface area (Å²) in [5.41, 5.74) is 5.47. The average molecular weight is 209 g/mol. The van der Waals surface area contributed by atoms with Gasteiger partial charge in [-0.05, 0) is 38.9 Å². The van der Waals surface area contributed by atoms with Crippen molar-refractivity contribution in [2.45, 2.75) is 26.4 Å². The predicted molar refractivity (Wildman–Crippen MR) is 61.4 cm³/mol. The van der Waals surface area contributed by atoms with Crippen molar-refractivity contribution in [2.75, 3.05) is 13.2 Å². The summed E-state index contributed by atoms with van der Waals surface area (Å²) in [6.45, 7) is 5.25. The van der Waals surface area contributed by atoms with Crippen LogP contribution in [0.1, 0.15) is 20.3 Å². The fourth-order valence-corrected chi connectivity index (χ4v) is 1.33. The SMILES string of the molecule is CCOc1ccccc1OC(C)CCN. The number of ether oxygens (including phenoxy) is 2. The zero-order valence-corrected chi connectivity index (χ0v) is 9.40. The minimum atomic E-state index is 0.122. The first-order valence-corrected chi connectivity index (χ1v) is 5.36. The van der Waals surface area contributed by atoms with Gasteiger partial charge in [-0.2, -0.15) is 0 Å². The lowest BCUT2D eigenvalue weighted by Gasteiger charge is -2.16. The van der Waals surface area contributed by atoms with Crippen molar-refractivity contribution in [2.24, 2.45) is 5.73 Å². The van der Waals surface area contributed by atoms with Crippen molar-refractivity contribution >= 4 is 0 Å². The molecule has 2 N–H and O–H groups in total. The molecular formula is C12H19NO2. The van der Waals surface area contributed by atoms with E-state index in [1.807, 2.05) is 38.1 Å². The Bertz CT molecular complexity index is 289. The van der Waals surface area contributed by atoms with E-state index in [-0.39, 0.29) is 6.10 Å². The third-order valence-electron chi connectivity index (χ3n) is 2.05. The van der Waals surface area contributed by atoms with Crippen molar-refractivity contribution < 1.29 is 9.47 Å². The summed E-state index contributed by atoms with van der Waals surface area (Å²) < 4.78 is 11.2. The van der Waals surface area contributed by atoms with Crippen LogP contribution in [0.25, 0.3) is 0 Å². The van der Waals surface area contributed by atoms with E-state index in [0.29, 0.717) is 13.2 Å². The summed E-state index contributed by atoms with van der Waals surface area (Å²) in [7, 11) is 0. The predicted octanol–water partition coefficient (Wildman–Crippen LogP) is 2.20. The smallest absolute Gasteiger partial charge is 0.161 e. The van der Waals surface area contributed by atoms with E-state index >= 15 is 0 Å². The Morgan fingerprint density at radius 2 is 1.93 bits per heavy atom. The van der Waals surface area contributed by atoms with Crippen molar-refractivity contribution in [1.29, 1.82) is 0 Å². The van der Waals surface area contributed by atoms with E-state index in [1.165, 1.54) is 0 Å². The van der Waals surface area contributed by atoms with Crippen LogP contribution in [-0.4, -0.2) is 19.3 Å². The molecule has 3 nitrogen and oxygen atoms in total. The van der Waals surface area contributed by atoms with Crippen LogP contribution in [-0.2, 0) is 0 Å². The molecule has 0 heterocycles. The van der Waals surface area contributed by atoms with Gasteiger partial charge in [0.15, 0.2) is 11.5 Å². The Labute approximate surface area is 91.2 Å². The van der Waals surface area contributed by atoms with Gasteiger partial charge < -0.3 is 15.2 Å². The van der Waals surface area contributed by atoms with E-state index in [2.05, 4.69) is 0 Å². The van der Waals surface area contributed by atoms with Crippen LogP contribution in [0.5, 0.6) is 11.5 Å². The highest BCUT2D eigenvalue weighted by atomic mass is 16.5. The number of rotatable bonds is 6. The Kier molecular flexibility index (Phi) is 4.98. The highest BCUT2D eigenvalue weighted by Crippen LogP contribution is 2.27. The van der Waals surface area contributed by atoms with E-state index in [0.717, 1.165) is 17.9 Å². The first kappa shape index (κ1) is 11.9. The van der Waals surface area contributed by atoms with Crippen molar-refractivity contribution in [1.82, 2.24) is 0 Å². The largest absolute Gasteiger partial charge is 0.490 e. The van der Waals surface area contributed by atoms with Gasteiger partial charge in [-0.3, -0.25) is 0 Å². The second-order valence-electron chi connectivity index (χ2n) is 3.39. The normalized spacial score (nSPS) is 12.2.